The molecular weight excluding hydrogens is 340 g/mol. The van der Waals surface area contributed by atoms with Crippen molar-refractivity contribution in [1.82, 2.24) is 0 Å². The van der Waals surface area contributed by atoms with Crippen LogP contribution in [0.25, 0.3) is 0 Å². The second-order valence-corrected chi connectivity index (χ2v) is 6.62. The van der Waals surface area contributed by atoms with E-state index in [0.717, 1.165) is 29.5 Å². The molecule has 0 spiro atoms. The van der Waals surface area contributed by atoms with Gasteiger partial charge in [0, 0.05) is 29.0 Å². The van der Waals surface area contributed by atoms with Gasteiger partial charge in [-0.25, -0.2) is 0 Å². The van der Waals surface area contributed by atoms with E-state index in [4.69, 9.17) is 4.74 Å². The van der Waals surface area contributed by atoms with Crippen LogP contribution in [0.5, 0.6) is 0 Å². The van der Waals surface area contributed by atoms with E-state index in [0.29, 0.717) is 12.3 Å². The molecule has 0 bridgehead atoms. The zero-order valence-corrected chi connectivity index (χ0v) is 14.0. The third-order valence-corrected chi connectivity index (χ3v) is 4.75. The Hall–Kier alpha value is -1.45. The minimum Gasteiger partial charge on any atom is -0.377 e. The van der Waals surface area contributed by atoms with Crippen molar-refractivity contribution in [2.75, 3.05) is 6.61 Å². The Morgan fingerprint density at radius 2 is 1.82 bits per heavy atom. The number of ether oxygens (including phenoxy) is 1. The van der Waals surface area contributed by atoms with Crippen LogP contribution in [0.4, 0.5) is 0 Å². The maximum atomic E-state index is 12.5. The second kappa shape index (κ2) is 7.21. The summed E-state index contributed by atoms with van der Waals surface area (Å²) in [5, 5.41) is 0. The molecule has 1 aliphatic rings. The average molecular weight is 359 g/mol. The van der Waals surface area contributed by atoms with E-state index in [1.165, 1.54) is 5.56 Å². The molecule has 3 heteroatoms. The summed E-state index contributed by atoms with van der Waals surface area (Å²) in [5.41, 5.74) is 2.03. The number of ketones is 1. The number of halogens is 1. The summed E-state index contributed by atoms with van der Waals surface area (Å²) in [7, 11) is 0. The molecule has 1 fully saturated rings. The number of carbonyl (C=O) groups excluding carboxylic acids is 1. The van der Waals surface area contributed by atoms with Crippen LogP contribution in [0.3, 0.4) is 0 Å². The van der Waals surface area contributed by atoms with Crippen molar-refractivity contribution in [3.8, 4) is 0 Å². The zero-order valence-electron chi connectivity index (χ0n) is 12.4. The molecule has 2 aromatic rings. The van der Waals surface area contributed by atoms with Crippen LogP contribution >= 0.6 is 15.9 Å². The Bertz CT molecular complexity index is 622. The van der Waals surface area contributed by atoms with Crippen molar-refractivity contribution < 1.29 is 9.53 Å². The van der Waals surface area contributed by atoms with E-state index in [1.54, 1.807) is 0 Å². The van der Waals surface area contributed by atoms with Gasteiger partial charge in [-0.15, -0.1) is 0 Å². The topological polar surface area (TPSA) is 26.3 Å². The largest absolute Gasteiger partial charge is 0.377 e. The summed E-state index contributed by atoms with van der Waals surface area (Å²) in [6.07, 6.45) is 2.57. The normalized spacial score (nSPS) is 21.5. The molecule has 3 rings (SSSR count). The van der Waals surface area contributed by atoms with Crippen LogP contribution in [0.1, 0.15) is 41.1 Å². The van der Waals surface area contributed by atoms with Crippen molar-refractivity contribution in [1.29, 1.82) is 0 Å². The minimum atomic E-state index is -0.0210. The van der Waals surface area contributed by atoms with E-state index in [2.05, 4.69) is 40.2 Å². The van der Waals surface area contributed by atoms with Gasteiger partial charge in [-0.3, -0.25) is 4.79 Å². The van der Waals surface area contributed by atoms with Gasteiger partial charge in [-0.1, -0.05) is 58.4 Å². The summed E-state index contributed by atoms with van der Waals surface area (Å²) in [6, 6.07) is 17.9. The molecule has 2 atom stereocenters. The fourth-order valence-electron chi connectivity index (χ4n) is 3.06. The van der Waals surface area contributed by atoms with Gasteiger partial charge in [-0.05, 0) is 30.5 Å². The highest BCUT2D eigenvalue weighted by molar-refractivity contribution is 9.10. The second-order valence-electron chi connectivity index (χ2n) is 5.70. The van der Waals surface area contributed by atoms with Crippen LogP contribution in [0.15, 0.2) is 59.1 Å². The quantitative estimate of drug-likeness (QED) is 0.720. The van der Waals surface area contributed by atoms with Crippen LogP contribution in [0, 0.1) is 0 Å². The predicted octanol–water partition coefficient (Wildman–Crippen LogP) is 4.98. The standard InChI is InChI=1S/C19H19BrO2/c20-16-10-8-15(9-11-16)18(21)13-19-17(7-4-12-22-19)14-5-2-1-3-6-14/h1-3,5-6,8-11,17,19H,4,7,12-13H2/t17-,19-/m0/s1. The zero-order chi connectivity index (χ0) is 15.4. The number of Topliss-reactive ketones (excluding diaryl/α,β-unsaturated/α-hetero) is 1. The number of hydrogen-bond acceptors (Lipinski definition) is 2. The maximum Gasteiger partial charge on any atom is 0.165 e. The van der Waals surface area contributed by atoms with E-state index in [1.807, 2.05) is 30.3 Å². The van der Waals surface area contributed by atoms with Crippen molar-refractivity contribution in [2.24, 2.45) is 0 Å². The highest BCUT2D eigenvalue weighted by Gasteiger charge is 2.29. The van der Waals surface area contributed by atoms with Gasteiger partial charge in [0.25, 0.3) is 0 Å². The van der Waals surface area contributed by atoms with E-state index >= 15 is 0 Å². The van der Waals surface area contributed by atoms with Crippen LogP contribution in [-0.2, 0) is 4.74 Å². The fourth-order valence-corrected chi connectivity index (χ4v) is 3.32. The lowest BCUT2D eigenvalue weighted by Gasteiger charge is -2.31. The van der Waals surface area contributed by atoms with Gasteiger partial charge in [0.2, 0.25) is 0 Å². The van der Waals surface area contributed by atoms with Crippen LogP contribution in [-0.4, -0.2) is 18.5 Å². The molecule has 0 aliphatic carbocycles. The number of hydrogen-bond donors (Lipinski definition) is 0. The molecule has 0 N–H and O–H groups in total. The Kier molecular flexibility index (Phi) is 5.06. The molecule has 114 valence electrons. The van der Waals surface area contributed by atoms with Crippen molar-refractivity contribution in [3.05, 3.63) is 70.2 Å². The lowest BCUT2D eigenvalue weighted by Crippen LogP contribution is -2.30. The maximum absolute atomic E-state index is 12.5. The van der Waals surface area contributed by atoms with Gasteiger partial charge < -0.3 is 4.74 Å². The van der Waals surface area contributed by atoms with Crippen molar-refractivity contribution in [3.63, 3.8) is 0 Å². The molecule has 2 aromatic carbocycles. The van der Waals surface area contributed by atoms with Crippen molar-refractivity contribution >= 4 is 21.7 Å². The van der Waals surface area contributed by atoms with Gasteiger partial charge in [0.1, 0.15) is 0 Å². The molecule has 22 heavy (non-hydrogen) atoms. The lowest BCUT2D eigenvalue weighted by molar-refractivity contribution is -0.00261. The van der Waals surface area contributed by atoms with Gasteiger partial charge in [0.15, 0.2) is 5.78 Å². The first-order valence-corrected chi connectivity index (χ1v) is 8.48. The summed E-state index contributed by atoms with van der Waals surface area (Å²) in [6.45, 7) is 0.752. The smallest absolute Gasteiger partial charge is 0.165 e. The van der Waals surface area contributed by atoms with Crippen molar-refractivity contribution in [2.45, 2.75) is 31.3 Å². The Morgan fingerprint density at radius 3 is 2.55 bits per heavy atom. The Balaban J connectivity index is 1.74. The molecule has 1 saturated heterocycles. The third-order valence-electron chi connectivity index (χ3n) is 4.22. The monoisotopic (exact) mass is 358 g/mol. The third kappa shape index (κ3) is 3.65. The summed E-state index contributed by atoms with van der Waals surface area (Å²) < 4.78 is 6.92. The first-order chi connectivity index (χ1) is 10.7. The highest BCUT2D eigenvalue weighted by Crippen LogP contribution is 2.33. The van der Waals surface area contributed by atoms with E-state index in [9.17, 15) is 4.79 Å². The fraction of sp³-hybridized carbons (Fsp3) is 0.316. The van der Waals surface area contributed by atoms with Gasteiger partial charge in [-0.2, -0.15) is 0 Å². The van der Waals surface area contributed by atoms with E-state index in [-0.39, 0.29) is 11.9 Å². The SMILES string of the molecule is O=C(C[C@@H]1OCCC[C@H]1c1ccccc1)c1ccc(Br)cc1. The highest BCUT2D eigenvalue weighted by atomic mass is 79.9. The number of rotatable bonds is 4. The molecule has 0 amide bonds. The predicted molar refractivity (Wildman–Crippen MR) is 91.2 cm³/mol. The van der Waals surface area contributed by atoms with Crippen LogP contribution < -0.4 is 0 Å². The molecule has 0 aromatic heterocycles. The molecule has 0 unspecified atom stereocenters. The Morgan fingerprint density at radius 1 is 1.09 bits per heavy atom. The summed E-state index contributed by atoms with van der Waals surface area (Å²) >= 11 is 3.40. The molecule has 0 radical (unpaired) electrons. The molecular formula is C19H19BrO2. The van der Waals surface area contributed by atoms with Gasteiger partial charge in [0.05, 0.1) is 6.10 Å². The molecule has 1 aliphatic heterocycles. The molecule has 2 nitrogen and oxygen atoms in total. The first-order valence-electron chi connectivity index (χ1n) is 7.69. The summed E-state index contributed by atoms with van der Waals surface area (Å²) in [5.74, 6) is 0.467. The van der Waals surface area contributed by atoms with Gasteiger partial charge >= 0.3 is 0 Å². The lowest BCUT2D eigenvalue weighted by atomic mass is 9.84. The average Bonchev–Trinajstić information content (AvgIpc) is 2.57. The Labute approximate surface area is 139 Å². The first kappa shape index (κ1) is 15.4. The summed E-state index contributed by atoms with van der Waals surface area (Å²) in [4.78, 5) is 12.5. The van der Waals surface area contributed by atoms with E-state index < -0.39 is 0 Å². The number of carbonyl (C=O) groups is 1. The molecule has 0 saturated carbocycles. The number of benzene rings is 2. The molecule has 1 heterocycles. The van der Waals surface area contributed by atoms with Crippen LogP contribution in [0.2, 0.25) is 0 Å². The minimum absolute atomic E-state index is 0.0210.